The van der Waals surface area contributed by atoms with Crippen LogP contribution in [0.2, 0.25) is 0 Å². The number of rotatable bonds is 2. The molecule has 0 amide bonds. The molecule has 0 saturated heterocycles. The number of fused-ring (bicyclic) bond motifs is 1. The Balaban J connectivity index is 2.48. The minimum Gasteiger partial charge on any atom is -0.465 e. The smallest absolute Gasteiger partial charge is 0.356 e. The van der Waals surface area contributed by atoms with Gasteiger partial charge in [-0.2, -0.15) is 0 Å². The fraction of sp³-hybridized carbons (Fsp3) is 0.182. The zero-order chi connectivity index (χ0) is 12.4. The summed E-state index contributed by atoms with van der Waals surface area (Å²) in [6.07, 6.45) is 0. The maximum Gasteiger partial charge on any atom is 0.356 e. The fourth-order valence-electron chi connectivity index (χ4n) is 1.34. The number of hydrogen-bond acceptors (Lipinski definition) is 6. The summed E-state index contributed by atoms with van der Waals surface area (Å²) in [5.41, 5.74) is 0.221. The molecule has 2 aromatic rings. The van der Waals surface area contributed by atoms with E-state index in [0.29, 0.717) is 9.71 Å². The molecule has 0 atom stereocenters. The first-order valence-electron chi connectivity index (χ1n) is 4.73. The van der Waals surface area contributed by atoms with Gasteiger partial charge in [0.2, 0.25) is 0 Å². The first-order valence-corrected chi connectivity index (χ1v) is 5.54. The van der Waals surface area contributed by atoms with Crippen molar-refractivity contribution in [3.63, 3.8) is 0 Å². The third kappa shape index (κ3) is 2.12. The standard InChI is InChI=1S/C11H9NO4S/c1-15-10(13)7-4-3-6-5-8(11(14)16-2)17-9(6)12-7/h3-5H,1-2H3. The average molecular weight is 251 g/mol. The lowest BCUT2D eigenvalue weighted by molar-refractivity contribution is 0.0590. The fourth-order valence-corrected chi connectivity index (χ4v) is 2.29. The largest absolute Gasteiger partial charge is 0.465 e. The molecule has 0 aliphatic rings. The van der Waals surface area contributed by atoms with Crippen LogP contribution >= 0.6 is 11.3 Å². The van der Waals surface area contributed by atoms with Gasteiger partial charge in [-0.25, -0.2) is 14.6 Å². The number of carbonyl (C=O) groups is 2. The highest BCUT2D eigenvalue weighted by Crippen LogP contribution is 2.24. The molecule has 0 radical (unpaired) electrons. The van der Waals surface area contributed by atoms with Gasteiger partial charge in [0, 0.05) is 5.39 Å². The Labute approximate surface area is 101 Å². The second kappa shape index (κ2) is 4.50. The molecule has 0 aromatic carbocycles. The van der Waals surface area contributed by atoms with Crippen LogP contribution in [0.4, 0.5) is 0 Å². The molecule has 0 bridgehead atoms. The predicted octanol–water partition coefficient (Wildman–Crippen LogP) is 1.87. The molecule has 0 aliphatic carbocycles. The predicted molar refractivity (Wildman–Crippen MR) is 62.3 cm³/mol. The van der Waals surface area contributed by atoms with Crippen LogP contribution in [0.5, 0.6) is 0 Å². The van der Waals surface area contributed by atoms with Crippen LogP contribution in [0, 0.1) is 0 Å². The van der Waals surface area contributed by atoms with Gasteiger partial charge in [0.05, 0.1) is 14.2 Å². The van der Waals surface area contributed by atoms with Crippen molar-refractivity contribution in [2.75, 3.05) is 14.2 Å². The summed E-state index contributed by atoms with van der Waals surface area (Å²) in [5, 5.41) is 0.794. The summed E-state index contributed by atoms with van der Waals surface area (Å²) in [4.78, 5) is 27.8. The third-order valence-electron chi connectivity index (χ3n) is 2.16. The van der Waals surface area contributed by atoms with Crippen molar-refractivity contribution in [2.24, 2.45) is 0 Å². The molecule has 17 heavy (non-hydrogen) atoms. The summed E-state index contributed by atoms with van der Waals surface area (Å²) < 4.78 is 9.19. The second-order valence-corrected chi connectivity index (χ2v) is 4.22. The van der Waals surface area contributed by atoms with Gasteiger partial charge in [-0.1, -0.05) is 0 Å². The van der Waals surface area contributed by atoms with Crippen LogP contribution in [0.15, 0.2) is 18.2 Å². The number of hydrogen-bond donors (Lipinski definition) is 0. The third-order valence-corrected chi connectivity index (χ3v) is 3.19. The van der Waals surface area contributed by atoms with E-state index in [-0.39, 0.29) is 5.69 Å². The van der Waals surface area contributed by atoms with Crippen LogP contribution in [0.1, 0.15) is 20.2 Å². The Morgan fingerprint density at radius 1 is 1.18 bits per heavy atom. The summed E-state index contributed by atoms with van der Waals surface area (Å²) >= 11 is 1.18. The molecule has 2 aromatic heterocycles. The number of nitrogens with zero attached hydrogens (tertiary/aromatic N) is 1. The van der Waals surface area contributed by atoms with E-state index >= 15 is 0 Å². The average Bonchev–Trinajstić information content (AvgIpc) is 2.79. The van der Waals surface area contributed by atoms with Crippen LogP contribution in [0.25, 0.3) is 10.2 Å². The van der Waals surface area contributed by atoms with Gasteiger partial charge in [0.25, 0.3) is 0 Å². The van der Waals surface area contributed by atoms with Crippen molar-refractivity contribution < 1.29 is 19.1 Å². The van der Waals surface area contributed by atoms with Crippen molar-refractivity contribution in [2.45, 2.75) is 0 Å². The highest BCUT2D eigenvalue weighted by molar-refractivity contribution is 7.20. The minimum atomic E-state index is -0.500. The minimum absolute atomic E-state index is 0.221. The lowest BCUT2D eigenvalue weighted by Gasteiger charge is -1.96. The molecule has 88 valence electrons. The molecule has 0 saturated carbocycles. The number of thiophene rings is 1. The van der Waals surface area contributed by atoms with Crippen molar-refractivity contribution in [3.8, 4) is 0 Å². The van der Waals surface area contributed by atoms with Crippen molar-refractivity contribution in [1.82, 2.24) is 4.98 Å². The maximum absolute atomic E-state index is 11.3. The number of ether oxygens (including phenoxy) is 2. The van der Waals surface area contributed by atoms with Crippen LogP contribution in [-0.2, 0) is 9.47 Å². The SMILES string of the molecule is COC(=O)c1ccc2cc(C(=O)OC)sc2n1. The monoisotopic (exact) mass is 251 g/mol. The Morgan fingerprint density at radius 3 is 2.53 bits per heavy atom. The quantitative estimate of drug-likeness (QED) is 0.762. The van der Waals surface area contributed by atoms with Gasteiger partial charge < -0.3 is 9.47 Å². The Bertz CT molecular complexity index is 576. The molecule has 0 aliphatic heterocycles. The molecule has 2 heterocycles. The molecule has 0 fully saturated rings. The van der Waals surface area contributed by atoms with Crippen LogP contribution in [0.3, 0.4) is 0 Å². The Morgan fingerprint density at radius 2 is 1.88 bits per heavy atom. The first-order chi connectivity index (χ1) is 8.15. The highest BCUT2D eigenvalue weighted by Gasteiger charge is 2.13. The van der Waals surface area contributed by atoms with Gasteiger partial charge >= 0.3 is 11.9 Å². The van der Waals surface area contributed by atoms with Gasteiger partial charge in [-0.05, 0) is 18.2 Å². The van der Waals surface area contributed by atoms with E-state index < -0.39 is 11.9 Å². The molecular weight excluding hydrogens is 242 g/mol. The topological polar surface area (TPSA) is 65.5 Å². The Hall–Kier alpha value is -1.95. The van der Waals surface area contributed by atoms with E-state index in [1.807, 2.05) is 0 Å². The van der Waals surface area contributed by atoms with Crippen LogP contribution in [-0.4, -0.2) is 31.1 Å². The normalized spacial score (nSPS) is 10.2. The highest BCUT2D eigenvalue weighted by atomic mass is 32.1. The number of aromatic nitrogens is 1. The van der Waals surface area contributed by atoms with E-state index in [0.717, 1.165) is 5.39 Å². The zero-order valence-electron chi connectivity index (χ0n) is 9.22. The molecule has 5 nitrogen and oxygen atoms in total. The van der Waals surface area contributed by atoms with Gasteiger partial charge in [-0.15, -0.1) is 11.3 Å². The van der Waals surface area contributed by atoms with E-state index in [9.17, 15) is 9.59 Å². The lowest BCUT2D eigenvalue weighted by atomic mass is 10.3. The second-order valence-electron chi connectivity index (χ2n) is 3.18. The van der Waals surface area contributed by atoms with Gasteiger partial charge in [0.15, 0.2) is 0 Å². The van der Waals surface area contributed by atoms with Gasteiger partial charge in [-0.3, -0.25) is 0 Å². The molecule has 0 spiro atoms. The Kier molecular flexibility index (Phi) is 3.06. The van der Waals surface area contributed by atoms with E-state index in [2.05, 4.69) is 14.5 Å². The number of esters is 2. The van der Waals surface area contributed by atoms with Crippen LogP contribution < -0.4 is 0 Å². The molecule has 2 rings (SSSR count). The molecule has 0 unspecified atom stereocenters. The summed E-state index contributed by atoms with van der Waals surface area (Å²) in [7, 11) is 2.61. The number of carbonyl (C=O) groups excluding carboxylic acids is 2. The lowest BCUT2D eigenvalue weighted by Crippen LogP contribution is -2.03. The van der Waals surface area contributed by atoms with Crippen molar-refractivity contribution in [3.05, 3.63) is 28.8 Å². The maximum atomic E-state index is 11.3. The van der Waals surface area contributed by atoms with Crippen molar-refractivity contribution >= 4 is 33.5 Å². The van der Waals surface area contributed by atoms with E-state index in [1.165, 1.54) is 25.6 Å². The molecular formula is C11H9NO4S. The summed E-state index contributed by atoms with van der Waals surface area (Å²) in [6, 6.07) is 4.96. The van der Waals surface area contributed by atoms with Crippen molar-refractivity contribution in [1.29, 1.82) is 0 Å². The summed E-state index contributed by atoms with van der Waals surface area (Å²) in [6.45, 7) is 0. The zero-order valence-corrected chi connectivity index (χ0v) is 10.0. The first kappa shape index (κ1) is 11.5. The number of methoxy groups -OCH3 is 2. The summed E-state index contributed by atoms with van der Waals surface area (Å²) in [5.74, 6) is -0.910. The number of pyridine rings is 1. The van der Waals surface area contributed by atoms with Gasteiger partial charge in [0.1, 0.15) is 15.4 Å². The van der Waals surface area contributed by atoms with E-state index in [1.54, 1.807) is 18.2 Å². The van der Waals surface area contributed by atoms with E-state index in [4.69, 9.17) is 0 Å². The molecule has 6 heteroatoms. The molecule has 0 N–H and O–H groups in total.